The lowest BCUT2D eigenvalue weighted by molar-refractivity contribution is -0.156. The Kier molecular flexibility index (Phi) is 7.44. The number of nitrogens with two attached hydrogens (primary N) is 1. The van der Waals surface area contributed by atoms with E-state index in [1.165, 1.54) is 0 Å². The van der Waals surface area contributed by atoms with Gasteiger partial charge in [0.2, 0.25) is 0 Å². The Morgan fingerprint density at radius 3 is 2.50 bits per heavy atom. The summed E-state index contributed by atoms with van der Waals surface area (Å²) in [5, 5.41) is 10.1. The van der Waals surface area contributed by atoms with Gasteiger partial charge in [-0.05, 0) is 36.6 Å². The van der Waals surface area contributed by atoms with Crippen LogP contribution in [0.1, 0.15) is 18.1 Å². The number of methoxy groups -OCH3 is 1. The second-order valence-corrected chi connectivity index (χ2v) is 5.82. The molecule has 0 aromatic heterocycles. The summed E-state index contributed by atoms with van der Waals surface area (Å²) >= 11 is 0. The Labute approximate surface area is 153 Å². The maximum atomic E-state index is 12.0. The fourth-order valence-corrected chi connectivity index (χ4v) is 2.49. The molecule has 0 amide bonds. The third-order valence-corrected chi connectivity index (χ3v) is 3.87. The van der Waals surface area contributed by atoms with Crippen LogP contribution in [0.2, 0.25) is 0 Å². The summed E-state index contributed by atoms with van der Waals surface area (Å²) in [7, 11) is 1.57. The standard InChI is InChI=1S/C20H25NO5/c1-3-25-18-12-15(9-10-17(18)24-2)11-16(21)19(22)20(23)26-13-14-7-5-4-6-8-14/h4-10,12,16,19,22H,3,11,13,21H2,1-2H3. The van der Waals surface area contributed by atoms with E-state index in [-0.39, 0.29) is 6.61 Å². The monoisotopic (exact) mass is 359 g/mol. The molecule has 2 unspecified atom stereocenters. The molecular weight excluding hydrogens is 334 g/mol. The lowest BCUT2D eigenvalue weighted by Crippen LogP contribution is -2.42. The molecule has 0 heterocycles. The van der Waals surface area contributed by atoms with Crippen molar-refractivity contribution in [3.63, 3.8) is 0 Å². The van der Waals surface area contributed by atoms with Gasteiger partial charge in [0.25, 0.3) is 0 Å². The van der Waals surface area contributed by atoms with Crippen molar-refractivity contribution in [3.05, 3.63) is 59.7 Å². The molecule has 2 aromatic carbocycles. The molecule has 0 aliphatic rings. The summed E-state index contributed by atoms with van der Waals surface area (Å²) in [6, 6.07) is 13.9. The third-order valence-electron chi connectivity index (χ3n) is 3.87. The number of rotatable bonds is 9. The molecule has 2 rings (SSSR count). The van der Waals surface area contributed by atoms with Crippen molar-refractivity contribution in [2.75, 3.05) is 13.7 Å². The average molecular weight is 359 g/mol. The minimum atomic E-state index is -1.41. The molecule has 0 radical (unpaired) electrons. The molecule has 0 aliphatic heterocycles. The van der Waals surface area contributed by atoms with Crippen LogP contribution in [0.3, 0.4) is 0 Å². The molecule has 6 nitrogen and oxygen atoms in total. The molecular formula is C20H25NO5. The molecule has 0 bridgehead atoms. The van der Waals surface area contributed by atoms with Crippen LogP contribution in [0.15, 0.2) is 48.5 Å². The zero-order chi connectivity index (χ0) is 18.9. The van der Waals surface area contributed by atoms with Gasteiger partial charge in [0, 0.05) is 6.04 Å². The summed E-state index contributed by atoms with van der Waals surface area (Å²) in [6.45, 7) is 2.48. The second kappa shape index (κ2) is 9.79. The van der Waals surface area contributed by atoms with Crippen LogP contribution in [-0.2, 0) is 22.6 Å². The van der Waals surface area contributed by atoms with E-state index in [9.17, 15) is 9.90 Å². The maximum absolute atomic E-state index is 12.0. The predicted octanol–water partition coefficient (Wildman–Crippen LogP) is 2.07. The van der Waals surface area contributed by atoms with Crippen LogP contribution in [0.4, 0.5) is 0 Å². The Bertz CT molecular complexity index is 705. The summed E-state index contributed by atoms with van der Waals surface area (Å²) in [5.41, 5.74) is 7.67. The lowest BCUT2D eigenvalue weighted by atomic mass is 10.0. The number of esters is 1. The number of hydrogen-bond donors (Lipinski definition) is 2. The quantitative estimate of drug-likeness (QED) is 0.666. The molecule has 0 saturated heterocycles. The van der Waals surface area contributed by atoms with Gasteiger partial charge in [-0.2, -0.15) is 0 Å². The van der Waals surface area contributed by atoms with Crippen LogP contribution in [0.5, 0.6) is 11.5 Å². The van der Waals surface area contributed by atoms with E-state index in [2.05, 4.69) is 0 Å². The van der Waals surface area contributed by atoms with Crippen molar-refractivity contribution < 1.29 is 24.1 Å². The molecule has 0 spiro atoms. The van der Waals surface area contributed by atoms with Crippen LogP contribution < -0.4 is 15.2 Å². The van der Waals surface area contributed by atoms with Crippen molar-refractivity contribution in [2.45, 2.75) is 32.1 Å². The van der Waals surface area contributed by atoms with Gasteiger partial charge in [-0.15, -0.1) is 0 Å². The number of aliphatic hydroxyl groups is 1. The number of hydrogen-bond acceptors (Lipinski definition) is 6. The molecule has 0 saturated carbocycles. The molecule has 2 atom stereocenters. The number of ether oxygens (including phenoxy) is 3. The topological polar surface area (TPSA) is 91.0 Å². The number of aliphatic hydroxyl groups excluding tert-OH is 1. The SMILES string of the molecule is CCOc1cc(CC(N)C(O)C(=O)OCc2ccccc2)ccc1OC. The fraction of sp³-hybridized carbons (Fsp3) is 0.350. The normalized spacial score (nSPS) is 12.9. The van der Waals surface area contributed by atoms with Gasteiger partial charge in [-0.1, -0.05) is 36.4 Å². The molecule has 3 N–H and O–H groups in total. The molecule has 6 heteroatoms. The van der Waals surface area contributed by atoms with Gasteiger partial charge in [-0.25, -0.2) is 4.79 Å². The number of carbonyl (C=O) groups is 1. The van der Waals surface area contributed by atoms with Crippen molar-refractivity contribution in [1.29, 1.82) is 0 Å². The first-order valence-electron chi connectivity index (χ1n) is 8.49. The van der Waals surface area contributed by atoms with Gasteiger partial charge in [0.05, 0.1) is 13.7 Å². The van der Waals surface area contributed by atoms with Crippen molar-refractivity contribution in [2.24, 2.45) is 5.73 Å². The summed E-state index contributed by atoms with van der Waals surface area (Å²) in [5.74, 6) is 0.479. The van der Waals surface area contributed by atoms with E-state index in [1.54, 1.807) is 19.2 Å². The first-order valence-corrected chi connectivity index (χ1v) is 8.49. The maximum Gasteiger partial charge on any atom is 0.336 e. The molecule has 2 aromatic rings. The number of carbonyl (C=O) groups excluding carboxylic acids is 1. The molecule has 140 valence electrons. The second-order valence-electron chi connectivity index (χ2n) is 5.82. The minimum absolute atomic E-state index is 0.0977. The highest BCUT2D eigenvalue weighted by atomic mass is 16.5. The molecule has 0 fully saturated rings. The summed E-state index contributed by atoms with van der Waals surface area (Å²) in [6.07, 6.45) is -1.11. The van der Waals surface area contributed by atoms with E-state index < -0.39 is 18.1 Å². The van der Waals surface area contributed by atoms with Crippen LogP contribution in [0.25, 0.3) is 0 Å². The van der Waals surface area contributed by atoms with E-state index in [1.807, 2.05) is 43.3 Å². The molecule has 26 heavy (non-hydrogen) atoms. The highest BCUT2D eigenvalue weighted by molar-refractivity contribution is 5.75. The largest absolute Gasteiger partial charge is 0.493 e. The zero-order valence-electron chi connectivity index (χ0n) is 15.1. The third kappa shape index (κ3) is 5.47. The van der Waals surface area contributed by atoms with Gasteiger partial charge in [0.15, 0.2) is 17.6 Å². The Morgan fingerprint density at radius 2 is 1.85 bits per heavy atom. The summed E-state index contributed by atoms with van der Waals surface area (Å²) in [4.78, 5) is 12.0. The Balaban J connectivity index is 1.94. The van der Waals surface area contributed by atoms with Gasteiger partial charge in [-0.3, -0.25) is 0 Å². The van der Waals surface area contributed by atoms with E-state index in [0.29, 0.717) is 24.5 Å². The van der Waals surface area contributed by atoms with Crippen molar-refractivity contribution in [3.8, 4) is 11.5 Å². The van der Waals surface area contributed by atoms with Crippen LogP contribution in [0, 0.1) is 0 Å². The first kappa shape index (κ1) is 19.8. The van der Waals surface area contributed by atoms with Gasteiger partial charge < -0.3 is 25.1 Å². The fourth-order valence-electron chi connectivity index (χ4n) is 2.49. The predicted molar refractivity (Wildman–Crippen MR) is 98.1 cm³/mol. The van der Waals surface area contributed by atoms with Gasteiger partial charge >= 0.3 is 5.97 Å². The first-order chi connectivity index (χ1) is 12.5. The molecule has 0 aliphatic carbocycles. The van der Waals surface area contributed by atoms with E-state index in [0.717, 1.165) is 11.1 Å². The average Bonchev–Trinajstić information content (AvgIpc) is 2.66. The van der Waals surface area contributed by atoms with Gasteiger partial charge in [0.1, 0.15) is 6.61 Å². The smallest absolute Gasteiger partial charge is 0.336 e. The van der Waals surface area contributed by atoms with Crippen molar-refractivity contribution in [1.82, 2.24) is 0 Å². The Morgan fingerprint density at radius 1 is 1.12 bits per heavy atom. The summed E-state index contributed by atoms with van der Waals surface area (Å²) < 4.78 is 15.9. The zero-order valence-corrected chi connectivity index (χ0v) is 15.1. The van der Waals surface area contributed by atoms with Crippen LogP contribution >= 0.6 is 0 Å². The lowest BCUT2D eigenvalue weighted by Gasteiger charge is -2.18. The van der Waals surface area contributed by atoms with Crippen molar-refractivity contribution >= 4 is 5.97 Å². The minimum Gasteiger partial charge on any atom is -0.493 e. The van der Waals surface area contributed by atoms with E-state index >= 15 is 0 Å². The van der Waals surface area contributed by atoms with Crippen LogP contribution in [-0.4, -0.2) is 36.9 Å². The number of benzene rings is 2. The highest BCUT2D eigenvalue weighted by Crippen LogP contribution is 2.28. The Hall–Kier alpha value is -2.57. The van der Waals surface area contributed by atoms with E-state index in [4.69, 9.17) is 19.9 Å². The highest BCUT2D eigenvalue weighted by Gasteiger charge is 2.25.